The summed E-state index contributed by atoms with van der Waals surface area (Å²) < 4.78 is 26.0. The molecule has 0 saturated carbocycles. The van der Waals surface area contributed by atoms with E-state index in [4.69, 9.17) is 10.8 Å². The molecule has 0 spiro atoms. The molecule has 2 rings (SSSR count). The maximum atomic E-state index is 12.5. The number of H-pyrrole nitrogens is 1. The molecular formula is C10H14N4O5S. The van der Waals surface area contributed by atoms with Crippen LogP contribution in [0, 0.1) is 12.8 Å². The van der Waals surface area contributed by atoms with Gasteiger partial charge in [-0.3, -0.25) is 9.89 Å². The van der Waals surface area contributed by atoms with Crippen molar-refractivity contribution in [3.8, 4) is 0 Å². The van der Waals surface area contributed by atoms with E-state index in [1.54, 1.807) is 0 Å². The Hall–Kier alpha value is -1.94. The van der Waals surface area contributed by atoms with Crippen molar-refractivity contribution in [3.05, 3.63) is 11.4 Å². The van der Waals surface area contributed by atoms with Crippen molar-refractivity contribution in [1.82, 2.24) is 14.5 Å². The molecule has 110 valence electrons. The number of carboxylic acids is 1. The number of aromatic nitrogens is 2. The van der Waals surface area contributed by atoms with E-state index >= 15 is 0 Å². The Kier molecular flexibility index (Phi) is 3.52. The van der Waals surface area contributed by atoms with E-state index in [9.17, 15) is 18.0 Å². The minimum atomic E-state index is -4.02. The highest BCUT2D eigenvalue weighted by atomic mass is 32.2. The maximum Gasteiger partial charge on any atom is 0.357 e. The summed E-state index contributed by atoms with van der Waals surface area (Å²) in [6, 6.07) is 0. The Morgan fingerprint density at radius 1 is 1.50 bits per heavy atom. The predicted octanol–water partition coefficient (Wildman–Crippen LogP) is -1.09. The zero-order chi connectivity index (χ0) is 15.1. The first kappa shape index (κ1) is 14.5. The molecular weight excluding hydrogens is 288 g/mol. The van der Waals surface area contributed by atoms with Crippen molar-refractivity contribution in [2.45, 2.75) is 18.2 Å². The van der Waals surface area contributed by atoms with Crippen molar-refractivity contribution >= 4 is 21.9 Å². The van der Waals surface area contributed by atoms with Crippen LogP contribution in [-0.2, 0) is 14.8 Å². The van der Waals surface area contributed by atoms with E-state index < -0.39 is 33.5 Å². The number of aryl methyl sites for hydroxylation is 1. The number of carboxylic acid groups (broad SMARTS) is 1. The number of rotatable bonds is 4. The molecule has 1 amide bonds. The third-order valence-electron chi connectivity index (χ3n) is 3.24. The van der Waals surface area contributed by atoms with Crippen LogP contribution < -0.4 is 5.73 Å². The van der Waals surface area contributed by atoms with Gasteiger partial charge in [0.2, 0.25) is 15.9 Å². The zero-order valence-electron chi connectivity index (χ0n) is 10.7. The lowest BCUT2D eigenvalue weighted by atomic mass is 10.1. The summed E-state index contributed by atoms with van der Waals surface area (Å²) in [4.78, 5) is 21.8. The lowest BCUT2D eigenvalue weighted by molar-refractivity contribution is -0.121. The van der Waals surface area contributed by atoms with Crippen molar-refractivity contribution in [2.24, 2.45) is 11.7 Å². The Bertz CT molecular complexity index is 665. The van der Waals surface area contributed by atoms with Gasteiger partial charge < -0.3 is 10.8 Å². The second-order valence-corrected chi connectivity index (χ2v) is 6.46. The maximum absolute atomic E-state index is 12.5. The Morgan fingerprint density at radius 2 is 2.15 bits per heavy atom. The second kappa shape index (κ2) is 4.87. The summed E-state index contributed by atoms with van der Waals surface area (Å²) in [5.74, 6) is -2.55. The van der Waals surface area contributed by atoms with Gasteiger partial charge in [0.15, 0.2) is 5.69 Å². The first-order valence-corrected chi connectivity index (χ1v) is 7.27. The summed E-state index contributed by atoms with van der Waals surface area (Å²) in [7, 11) is -4.02. The quantitative estimate of drug-likeness (QED) is 0.644. The molecule has 20 heavy (non-hydrogen) atoms. The second-order valence-electron chi connectivity index (χ2n) is 4.58. The third kappa shape index (κ3) is 2.27. The van der Waals surface area contributed by atoms with E-state index in [2.05, 4.69) is 10.2 Å². The lowest BCUT2D eigenvalue weighted by Gasteiger charge is -2.16. The molecule has 2 heterocycles. The minimum absolute atomic E-state index is 0.0403. The number of aromatic carboxylic acids is 1. The molecule has 1 unspecified atom stereocenters. The molecule has 0 aromatic carbocycles. The fourth-order valence-electron chi connectivity index (χ4n) is 2.19. The fourth-order valence-corrected chi connectivity index (χ4v) is 3.98. The van der Waals surface area contributed by atoms with E-state index in [1.165, 1.54) is 6.92 Å². The van der Waals surface area contributed by atoms with Crippen LogP contribution in [0.5, 0.6) is 0 Å². The van der Waals surface area contributed by atoms with Gasteiger partial charge in [0, 0.05) is 13.1 Å². The number of hydrogen-bond donors (Lipinski definition) is 3. The Balaban J connectivity index is 2.40. The number of primary amides is 1. The van der Waals surface area contributed by atoms with Gasteiger partial charge in [-0.15, -0.1) is 0 Å². The van der Waals surface area contributed by atoms with Crippen molar-refractivity contribution in [3.63, 3.8) is 0 Å². The summed E-state index contributed by atoms with van der Waals surface area (Å²) in [5.41, 5.74) is 4.75. The molecule has 0 bridgehead atoms. The number of nitrogens with two attached hydrogens (primary N) is 1. The predicted molar refractivity (Wildman–Crippen MR) is 66.3 cm³/mol. The number of aromatic amines is 1. The lowest BCUT2D eigenvalue weighted by Crippen LogP contribution is -2.32. The van der Waals surface area contributed by atoms with Gasteiger partial charge in [0.25, 0.3) is 0 Å². The number of amides is 1. The average Bonchev–Trinajstić information content (AvgIpc) is 2.94. The standard InChI is InChI=1S/C10H14N4O5S/c1-5-8(7(10(16)17)13-12-5)20(18,19)14-3-2-6(4-14)9(11)15/h6H,2-4H2,1H3,(H2,11,15)(H,12,13)(H,16,17). The highest BCUT2D eigenvalue weighted by Crippen LogP contribution is 2.27. The van der Waals surface area contributed by atoms with Crippen molar-refractivity contribution in [1.29, 1.82) is 0 Å². The van der Waals surface area contributed by atoms with Crippen LogP contribution in [0.2, 0.25) is 0 Å². The number of sulfonamides is 1. The van der Waals surface area contributed by atoms with Crippen LogP contribution in [0.4, 0.5) is 0 Å². The number of hydrogen-bond acceptors (Lipinski definition) is 5. The third-order valence-corrected chi connectivity index (χ3v) is 5.27. The van der Waals surface area contributed by atoms with Crippen LogP contribution in [0.15, 0.2) is 4.90 Å². The first-order chi connectivity index (χ1) is 9.25. The van der Waals surface area contributed by atoms with E-state index in [0.29, 0.717) is 6.42 Å². The fraction of sp³-hybridized carbons (Fsp3) is 0.500. The number of carbonyl (C=O) groups is 2. The Morgan fingerprint density at radius 3 is 2.65 bits per heavy atom. The first-order valence-electron chi connectivity index (χ1n) is 5.83. The molecule has 1 aromatic rings. The van der Waals surface area contributed by atoms with Gasteiger partial charge in [0.05, 0.1) is 11.6 Å². The van der Waals surface area contributed by atoms with Gasteiger partial charge in [-0.05, 0) is 13.3 Å². The minimum Gasteiger partial charge on any atom is -0.476 e. The monoisotopic (exact) mass is 302 g/mol. The van der Waals surface area contributed by atoms with Crippen molar-refractivity contribution < 1.29 is 23.1 Å². The average molecular weight is 302 g/mol. The molecule has 9 nitrogen and oxygen atoms in total. The molecule has 1 atom stereocenters. The van der Waals surface area contributed by atoms with E-state index in [0.717, 1.165) is 4.31 Å². The van der Waals surface area contributed by atoms with Crippen LogP contribution in [0.25, 0.3) is 0 Å². The number of nitrogens with zero attached hydrogens (tertiary/aromatic N) is 2. The summed E-state index contributed by atoms with van der Waals surface area (Å²) in [5, 5.41) is 14.8. The van der Waals surface area contributed by atoms with Crippen molar-refractivity contribution in [2.75, 3.05) is 13.1 Å². The number of nitrogens with one attached hydrogen (secondary N) is 1. The Labute approximate surface area is 114 Å². The largest absolute Gasteiger partial charge is 0.476 e. The molecule has 0 aliphatic carbocycles. The molecule has 1 aliphatic rings. The summed E-state index contributed by atoms with van der Waals surface area (Å²) in [6.45, 7) is 1.51. The molecule has 1 aromatic heterocycles. The number of carbonyl (C=O) groups excluding carboxylic acids is 1. The van der Waals surface area contributed by atoms with Gasteiger partial charge in [-0.2, -0.15) is 9.40 Å². The summed E-state index contributed by atoms with van der Waals surface area (Å²) >= 11 is 0. The normalized spacial score (nSPS) is 20.1. The molecule has 10 heteroatoms. The molecule has 1 fully saturated rings. The zero-order valence-corrected chi connectivity index (χ0v) is 11.5. The smallest absolute Gasteiger partial charge is 0.357 e. The molecule has 1 saturated heterocycles. The van der Waals surface area contributed by atoms with Gasteiger partial charge >= 0.3 is 5.97 Å². The topological polar surface area (TPSA) is 146 Å². The highest BCUT2D eigenvalue weighted by Gasteiger charge is 2.39. The molecule has 4 N–H and O–H groups in total. The van der Waals surface area contributed by atoms with E-state index in [1.807, 2.05) is 0 Å². The van der Waals surface area contributed by atoms with Crippen LogP contribution in [0.1, 0.15) is 22.6 Å². The molecule has 0 radical (unpaired) electrons. The highest BCUT2D eigenvalue weighted by molar-refractivity contribution is 7.89. The SMILES string of the molecule is Cc1[nH]nc(C(=O)O)c1S(=O)(=O)N1CCC(C(N)=O)C1. The van der Waals surface area contributed by atoms with Gasteiger partial charge in [0.1, 0.15) is 4.90 Å². The van der Waals surface area contributed by atoms with Crippen LogP contribution in [-0.4, -0.2) is 53.0 Å². The van der Waals surface area contributed by atoms with Crippen LogP contribution in [0.3, 0.4) is 0 Å². The van der Waals surface area contributed by atoms with Gasteiger partial charge in [-0.25, -0.2) is 13.2 Å². The van der Waals surface area contributed by atoms with E-state index in [-0.39, 0.29) is 23.7 Å². The summed E-state index contributed by atoms with van der Waals surface area (Å²) in [6.07, 6.45) is 0.327. The molecule has 1 aliphatic heterocycles. The van der Waals surface area contributed by atoms with Gasteiger partial charge in [-0.1, -0.05) is 0 Å². The van der Waals surface area contributed by atoms with Crippen LogP contribution >= 0.6 is 0 Å².